The lowest BCUT2D eigenvalue weighted by molar-refractivity contribution is -0.145. The zero-order valence-electron chi connectivity index (χ0n) is 16.8. The largest absolute Gasteiger partial charge is 0.300 e. The Morgan fingerprint density at radius 1 is 1.08 bits per heavy atom. The number of fused-ring (bicyclic) bond motifs is 5. The number of carbonyl (C=O) groups is 1. The lowest BCUT2D eigenvalue weighted by atomic mass is 9.43. The molecular weight excluding hydrogens is 292 g/mol. The molecule has 4 aliphatic carbocycles. The third-order valence-corrected chi connectivity index (χ3v) is 8.82. The Labute approximate surface area is 149 Å². The average Bonchev–Trinajstić information content (AvgIpc) is 2.87. The van der Waals surface area contributed by atoms with Gasteiger partial charge >= 0.3 is 0 Å². The summed E-state index contributed by atoms with van der Waals surface area (Å²) in [4.78, 5) is 12.0. The summed E-state index contributed by atoms with van der Waals surface area (Å²) >= 11 is 0. The quantitative estimate of drug-likeness (QED) is 0.468. The maximum atomic E-state index is 12.0. The van der Waals surface area contributed by atoms with Crippen molar-refractivity contribution in [2.75, 3.05) is 0 Å². The van der Waals surface area contributed by atoms with Crippen LogP contribution in [0.1, 0.15) is 86.5 Å². The molecule has 1 nitrogen and oxygen atoms in total. The van der Waals surface area contributed by atoms with Crippen LogP contribution in [0.15, 0.2) is 11.6 Å². The molecule has 0 spiro atoms. The van der Waals surface area contributed by atoms with Gasteiger partial charge in [-0.1, -0.05) is 46.3 Å². The topological polar surface area (TPSA) is 17.1 Å². The zero-order valence-corrected chi connectivity index (χ0v) is 16.8. The van der Waals surface area contributed by atoms with Crippen molar-refractivity contribution in [2.45, 2.75) is 86.5 Å². The SMILES string of the molecule is CC.CC1=CCC2C3CC(C)C4CC(=O)CCC4(C)C3CCC12C. The number of carbonyl (C=O) groups excluding carboxylic acids is 1. The molecule has 0 amide bonds. The molecule has 3 fully saturated rings. The summed E-state index contributed by atoms with van der Waals surface area (Å²) in [6, 6.07) is 0. The van der Waals surface area contributed by atoms with Crippen LogP contribution in [0.5, 0.6) is 0 Å². The van der Waals surface area contributed by atoms with E-state index in [1.165, 1.54) is 25.7 Å². The Bertz CT molecular complexity index is 532. The summed E-state index contributed by atoms with van der Waals surface area (Å²) in [6.45, 7) is 13.9. The van der Waals surface area contributed by atoms with E-state index in [0.29, 0.717) is 22.5 Å². The fourth-order valence-electron chi connectivity index (χ4n) is 7.30. The number of hydrogen-bond donors (Lipinski definition) is 0. The van der Waals surface area contributed by atoms with Crippen LogP contribution in [0.2, 0.25) is 0 Å². The smallest absolute Gasteiger partial charge is 0.133 e. The zero-order chi connectivity index (χ0) is 17.7. The van der Waals surface area contributed by atoms with Gasteiger partial charge in [-0.25, -0.2) is 0 Å². The second-order valence-electron chi connectivity index (χ2n) is 9.52. The molecular formula is C23H38O. The first kappa shape index (κ1) is 18.2. The molecule has 0 aromatic heterocycles. The standard InChI is InChI=1S/C21H32O.C2H6/c1-13-11-16-17-6-5-14(2)20(17,3)10-8-18(16)21(4)9-7-15(22)12-19(13)21;1-2/h5,13,16-19H,6-12H2,1-4H3;1-2H3. The Morgan fingerprint density at radius 3 is 2.50 bits per heavy atom. The Balaban J connectivity index is 0.000000815. The number of Topliss-reactive ketones (excluding diaryl/α,β-unsaturated/α-hetero) is 1. The lowest BCUT2D eigenvalue weighted by Crippen LogP contribution is -2.55. The minimum Gasteiger partial charge on any atom is -0.300 e. The molecule has 0 aliphatic heterocycles. The van der Waals surface area contributed by atoms with Gasteiger partial charge < -0.3 is 0 Å². The average molecular weight is 331 g/mol. The van der Waals surface area contributed by atoms with Crippen molar-refractivity contribution in [2.24, 2.45) is 40.4 Å². The number of ketones is 1. The first-order valence-corrected chi connectivity index (χ1v) is 10.5. The third kappa shape index (κ3) is 2.44. The van der Waals surface area contributed by atoms with Crippen LogP contribution in [0.4, 0.5) is 0 Å². The second kappa shape index (κ2) is 6.29. The molecule has 24 heavy (non-hydrogen) atoms. The minimum absolute atomic E-state index is 0.439. The van der Waals surface area contributed by atoms with Crippen molar-refractivity contribution in [1.29, 1.82) is 0 Å². The van der Waals surface area contributed by atoms with E-state index in [9.17, 15) is 4.79 Å². The third-order valence-electron chi connectivity index (χ3n) is 8.82. The van der Waals surface area contributed by atoms with Gasteiger partial charge in [-0.15, -0.1) is 0 Å². The van der Waals surface area contributed by atoms with Crippen molar-refractivity contribution in [3.8, 4) is 0 Å². The molecule has 1 heteroatoms. The van der Waals surface area contributed by atoms with Gasteiger partial charge in [-0.3, -0.25) is 4.79 Å². The van der Waals surface area contributed by atoms with Crippen molar-refractivity contribution in [3.05, 3.63) is 11.6 Å². The normalized spacial score (nSPS) is 50.0. The highest BCUT2D eigenvalue weighted by atomic mass is 16.1. The van der Waals surface area contributed by atoms with Gasteiger partial charge in [0.05, 0.1) is 0 Å². The molecule has 0 saturated heterocycles. The summed E-state index contributed by atoms with van der Waals surface area (Å²) in [7, 11) is 0. The lowest BCUT2D eigenvalue weighted by Gasteiger charge is -2.61. The Kier molecular flexibility index (Phi) is 4.77. The van der Waals surface area contributed by atoms with Crippen LogP contribution in [0, 0.1) is 40.4 Å². The van der Waals surface area contributed by atoms with Crippen LogP contribution in [0.25, 0.3) is 0 Å². The van der Waals surface area contributed by atoms with Crippen molar-refractivity contribution in [1.82, 2.24) is 0 Å². The van der Waals surface area contributed by atoms with Gasteiger partial charge in [0, 0.05) is 12.8 Å². The van der Waals surface area contributed by atoms with Gasteiger partial charge in [0.1, 0.15) is 5.78 Å². The van der Waals surface area contributed by atoms with Gasteiger partial charge in [0.25, 0.3) is 0 Å². The summed E-state index contributed by atoms with van der Waals surface area (Å²) in [5.41, 5.74) is 2.58. The summed E-state index contributed by atoms with van der Waals surface area (Å²) in [6.07, 6.45) is 10.9. The predicted octanol–water partition coefficient (Wildman–Crippen LogP) is 6.43. The fraction of sp³-hybridized carbons (Fsp3) is 0.870. The molecule has 4 rings (SSSR count). The summed E-state index contributed by atoms with van der Waals surface area (Å²) in [5, 5.41) is 0. The van der Waals surface area contributed by atoms with E-state index in [4.69, 9.17) is 0 Å². The van der Waals surface area contributed by atoms with Crippen molar-refractivity contribution < 1.29 is 4.79 Å². The van der Waals surface area contributed by atoms with Crippen LogP contribution < -0.4 is 0 Å². The molecule has 136 valence electrons. The van der Waals surface area contributed by atoms with E-state index in [2.05, 4.69) is 33.8 Å². The van der Waals surface area contributed by atoms with Crippen molar-refractivity contribution >= 4 is 5.78 Å². The monoisotopic (exact) mass is 330 g/mol. The highest BCUT2D eigenvalue weighted by molar-refractivity contribution is 5.79. The van der Waals surface area contributed by atoms with E-state index in [1.54, 1.807) is 5.57 Å². The van der Waals surface area contributed by atoms with Gasteiger partial charge in [-0.05, 0) is 79.4 Å². The summed E-state index contributed by atoms with van der Waals surface area (Å²) < 4.78 is 0. The van der Waals surface area contributed by atoms with Gasteiger partial charge in [-0.2, -0.15) is 0 Å². The molecule has 0 heterocycles. The van der Waals surface area contributed by atoms with Gasteiger partial charge in [0.15, 0.2) is 0 Å². The van der Waals surface area contributed by atoms with E-state index >= 15 is 0 Å². The first-order valence-electron chi connectivity index (χ1n) is 10.5. The maximum absolute atomic E-state index is 12.0. The number of rotatable bonds is 0. The molecule has 0 bridgehead atoms. The predicted molar refractivity (Wildman–Crippen MR) is 102 cm³/mol. The van der Waals surface area contributed by atoms with E-state index in [1.807, 2.05) is 13.8 Å². The molecule has 7 unspecified atom stereocenters. The van der Waals surface area contributed by atoms with Crippen LogP contribution in [-0.4, -0.2) is 5.78 Å². The number of allylic oxidation sites excluding steroid dienone is 2. The minimum atomic E-state index is 0.439. The first-order chi connectivity index (χ1) is 11.4. The highest BCUT2D eigenvalue weighted by Gasteiger charge is 2.59. The molecule has 7 atom stereocenters. The second-order valence-corrected chi connectivity index (χ2v) is 9.52. The molecule has 4 aliphatic rings. The van der Waals surface area contributed by atoms with E-state index < -0.39 is 0 Å². The van der Waals surface area contributed by atoms with Crippen molar-refractivity contribution in [3.63, 3.8) is 0 Å². The highest BCUT2D eigenvalue weighted by Crippen LogP contribution is 2.66. The molecule has 0 aromatic carbocycles. The molecule has 3 saturated carbocycles. The molecule has 0 N–H and O–H groups in total. The van der Waals surface area contributed by atoms with E-state index in [-0.39, 0.29) is 0 Å². The Morgan fingerprint density at radius 2 is 1.79 bits per heavy atom. The summed E-state index contributed by atoms with van der Waals surface area (Å²) in [5.74, 6) is 4.58. The fourth-order valence-corrected chi connectivity index (χ4v) is 7.30. The van der Waals surface area contributed by atoms with E-state index in [0.717, 1.165) is 42.9 Å². The Hall–Kier alpha value is -0.590. The maximum Gasteiger partial charge on any atom is 0.133 e. The van der Waals surface area contributed by atoms with Crippen LogP contribution in [0.3, 0.4) is 0 Å². The molecule has 0 radical (unpaired) electrons. The van der Waals surface area contributed by atoms with Gasteiger partial charge in [0.2, 0.25) is 0 Å². The molecule has 0 aromatic rings. The number of hydrogen-bond acceptors (Lipinski definition) is 1. The van der Waals surface area contributed by atoms with Crippen LogP contribution >= 0.6 is 0 Å². The van der Waals surface area contributed by atoms with Crippen LogP contribution in [-0.2, 0) is 4.79 Å².